The second kappa shape index (κ2) is 9.52. The molecule has 1 amide bonds. The number of imidazole rings is 1. The molecule has 35 heavy (non-hydrogen) atoms. The highest BCUT2D eigenvalue weighted by atomic mass is 35.5. The van der Waals surface area contributed by atoms with Crippen LogP contribution in [0.2, 0.25) is 5.02 Å². The fourth-order valence-electron chi connectivity index (χ4n) is 3.94. The van der Waals surface area contributed by atoms with Gasteiger partial charge in [-0.3, -0.25) is 4.79 Å². The Morgan fingerprint density at radius 3 is 2.69 bits per heavy atom. The number of hydrogen-bond donors (Lipinski definition) is 1. The van der Waals surface area contributed by atoms with Crippen molar-refractivity contribution in [1.29, 1.82) is 0 Å². The van der Waals surface area contributed by atoms with Crippen LogP contribution in [0.3, 0.4) is 0 Å². The zero-order valence-electron chi connectivity index (χ0n) is 19.1. The monoisotopic (exact) mass is 487 g/mol. The molecular formula is C26H22ClN5O3. The average molecular weight is 488 g/mol. The van der Waals surface area contributed by atoms with Gasteiger partial charge in [-0.2, -0.15) is 5.10 Å². The molecule has 1 unspecified atom stereocenters. The third kappa shape index (κ3) is 4.43. The standard InChI is InChI=1S/C26H22ClN5O3/c1-31-13-12-28-25(31)24(19-9-3-4-10-22(19)34-2)29-26(33)20-16-21(23-11-6-14-35-23)32(30-20)18-8-5-7-17(27)15-18/h3-16,24H,1-2H3,(H,29,33). The van der Waals surface area contributed by atoms with Crippen molar-refractivity contribution >= 4 is 17.5 Å². The number of carbonyl (C=O) groups excluding carboxylic acids is 1. The molecule has 0 fully saturated rings. The summed E-state index contributed by atoms with van der Waals surface area (Å²) in [6.45, 7) is 0. The molecule has 0 aliphatic heterocycles. The molecule has 8 nitrogen and oxygen atoms in total. The summed E-state index contributed by atoms with van der Waals surface area (Å²) < 4.78 is 14.7. The quantitative estimate of drug-likeness (QED) is 0.347. The molecule has 0 radical (unpaired) electrons. The molecule has 0 saturated carbocycles. The van der Waals surface area contributed by atoms with E-state index in [2.05, 4.69) is 15.4 Å². The molecule has 0 aliphatic rings. The number of para-hydroxylation sites is 1. The summed E-state index contributed by atoms with van der Waals surface area (Å²) in [5, 5.41) is 8.24. The highest BCUT2D eigenvalue weighted by molar-refractivity contribution is 6.30. The topological polar surface area (TPSA) is 87.1 Å². The lowest BCUT2D eigenvalue weighted by molar-refractivity contribution is 0.0935. The van der Waals surface area contributed by atoms with Gasteiger partial charge in [-0.05, 0) is 36.4 Å². The Morgan fingerprint density at radius 1 is 1.11 bits per heavy atom. The number of rotatable bonds is 7. The van der Waals surface area contributed by atoms with E-state index in [1.807, 2.05) is 60.3 Å². The van der Waals surface area contributed by atoms with E-state index in [0.717, 1.165) is 5.56 Å². The van der Waals surface area contributed by atoms with Gasteiger partial charge in [0.15, 0.2) is 11.5 Å². The first kappa shape index (κ1) is 22.5. The van der Waals surface area contributed by atoms with Crippen molar-refractivity contribution < 1.29 is 13.9 Å². The molecule has 1 N–H and O–H groups in total. The van der Waals surface area contributed by atoms with Gasteiger partial charge in [-0.25, -0.2) is 9.67 Å². The van der Waals surface area contributed by atoms with Gasteiger partial charge in [0.1, 0.15) is 23.3 Å². The lowest BCUT2D eigenvalue weighted by atomic mass is 10.0. The maximum atomic E-state index is 13.5. The number of halogens is 1. The Kier molecular flexibility index (Phi) is 6.12. The van der Waals surface area contributed by atoms with Gasteiger partial charge >= 0.3 is 0 Å². The molecule has 5 aromatic rings. The molecule has 176 valence electrons. The molecule has 0 aliphatic carbocycles. The first-order valence-electron chi connectivity index (χ1n) is 10.9. The summed E-state index contributed by atoms with van der Waals surface area (Å²) in [5.74, 6) is 1.49. The number of carbonyl (C=O) groups is 1. The van der Waals surface area contributed by atoms with Gasteiger partial charge in [0, 0.05) is 36.1 Å². The Morgan fingerprint density at radius 2 is 1.97 bits per heavy atom. The van der Waals surface area contributed by atoms with Crippen LogP contribution in [0.5, 0.6) is 5.75 Å². The fourth-order valence-corrected chi connectivity index (χ4v) is 4.13. The summed E-state index contributed by atoms with van der Waals surface area (Å²) in [5.41, 5.74) is 2.31. The van der Waals surface area contributed by atoms with E-state index in [0.29, 0.717) is 33.7 Å². The number of furan rings is 1. The Hall–Kier alpha value is -4.30. The minimum Gasteiger partial charge on any atom is -0.496 e. The highest BCUT2D eigenvalue weighted by Gasteiger charge is 2.26. The van der Waals surface area contributed by atoms with Crippen LogP contribution in [0.4, 0.5) is 0 Å². The lowest BCUT2D eigenvalue weighted by Gasteiger charge is -2.20. The average Bonchev–Trinajstić information content (AvgIpc) is 3.63. The number of nitrogens with zero attached hydrogens (tertiary/aromatic N) is 4. The predicted molar refractivity (Wildman–Crippen MR) is 132 cm³/mol. The summed E-state index contributed by atoms with van der Waals surface area (Å²) >= 11 is 6.21. The van der Waals surface area contributed by atoms with E-state index in [1.54, 1.807) is 48.5 Å². The molecule has 1 atom stereocenters. The van der Waals surface area contributed by atoms with Gasteiger partial charge in [-0.15, -0.1) is 0 Å². The Labute approximate surface area is 206 Å². The van der Waals surface area contributed by atoms with E-state index in [4.69, 9.17) is 20.8 Å². The molecule has 0 bridgehead atoms. The second-order valence-electron chi connectivity index (χ2n) is 7.83. The molecule has 9 heteroatoms. The number of nitrogens with one attached hydrogen (secondary N) is 1. The first-order valence-corrected chi connectivity index (χ1v) is 11.2. The van der Waals surface area contributed by atoms with Crippen LogP contribution in [-0.2, 0) is 7.05 Å². The van der Waals surface area contributed by atoms with E-state index in [9.17, 15) is 4.79 Å². The number of methoxy groups -OCH3 is 1. The maximum Gasteiger partial charge on any atom is 0.272 e. The van der Waals surface area contributed by atoms with Crippen molar-refractivity contribution in [2.24, 2.45) is 7.05 Å². The van der Waals surface area contributed by atoms with Crippen LogP contribution in [0, 0.1) is 0 Å². The van der Waals surface area contributed by atoms with Crippen molar-refractivity contribution in [3.05, 3.63) is 107 Å². The Balaban J connectivity index is 1.56. The smallest absolute Gasteiger partial charge is 0.272 e. The van der Waals surface area contributed by atoms with E-state index in [-0.39, 0.29) is 11.6 Å². The number of amides is 1. The number of ether oxygens (including phenoxy) is 1. The van der Waals surface area contributed by atoms with Gasteiger partial charge in [0.05, 0.1) is 19.1 Å². The van der Waals surface area contributed by atoms with Crippen LogP contribution >= 0.6 is 11.6 Å². The van der Waals surface area contributed by atoms with Gasteiger partial charge in [-0.1, -0.05) is 35.9 Å². The van der Waals surface area contributed by atoms with Crippen LogP contribution in [0.1, 0.15) is 27.9 Å². The van der Waals surface area contributed by atoms with Gasteiger partial charge in [0.25, 0.3) is 5.91 Å². The summed E-state index contributed by atoms with van der Waals surface area (Å²) in [7, 11) is 3.47. The Bertz CT molecular complexity index is 1470. The van der Waals surface area contributed by atoms with Crippen LogP contribution < -0.4 is 10.1 Å². The third-order valence-electron chi connectivity index (χ3n) is 5.61. The molecule has 3 heterocycles. The number of benzene rings is 2. The maximum absolute atomic E-state index is 13.5. The molecule has 0 saturated heterocycles. The molecule has 2 aromatic carbocycles. The summed E-state index contributed by atoms with van der Waals surface area (Å²) in [6, 6.07) is 19.5. The number of aryl methyl sites for hydroxylation is 1. The van der Waals surface area contributed by atoms with Crippen molar-refractivity contribution in [2.45, 2.75) is 6.04 Å². The van der Waals surface area contributed by atoms with E-state index < -0.39 is 6.04 Å². The lowest BCUT2D eigenvalue weighted by Crippen LogP contribution is -2.31. The minimum atomic E-state index is -0.568. The minimum absolute atomic E-state index is 0.213. The zero-order chi connectivity index (χ0) is 24.4. The molecular weight excluding hydrogens is 466 g/mol. The largest absolute Gasteiger partial charge is 0.496 e. The summed E-state index contributed by atoms with van der Waals surface area (Å²) in [6.07, 6.45) is 5.09. The second-order valence-corrected chi connectivity index (χ2v) is 8.27. The van der Waals surface area contributed by atoms with Gasteiger partial charge < -0.3 is 19.0 Å². The SMILES string of the molecule is COc1ccccc1C(NC(=O)c1cc(-c2ccco2)n(-c2cccc(Cl)c2)n1)c1nccn1C. The number of aromatic nitrogens is 4. The molecule has 0 spiro atoms. The highest BCUT2D eigenvalue weighted by Crippen LogP contribution is 2.30. The van der Waals surface area contributed by atoms with Crippen LogP contribution in [-0.4, -0.2) is 32.3 Å². The van der Waals surface area contributed by atoms with Crippen molar-refractivity contribution in [2.75, 3.05) is 7.11 Å². The van der Waals surface area contributed by atoms with Crippen molar-refractivity contribution in [3.8, 4) is 22.9 Å². The first-order chi connectivity index (χ1) is 17.0. The van der Waals surface area contributed by atoms with Crippen LogP contribution in [0.15, 0.2) is 89.8 Å². The van der Waals surface area contributed by atoms with Crippen molar-refractivity contribution in [3.63, 3.8) is 0 Å². The predicted octanol–water partition coefficient (Wildman–Crippen LogP) is 5.05. The number of hydrogen-bond acceptors (Lipinski definition) is 5. The van der Waals surface area contributed by atoms with E-state index in [1.165, 1.54) is 0 Å². The molecule has 3 aromatic heterocycles. The fraction of sp³-hybridized carbons (Fsp3) is 0.115. The van der Waals surface area contributed by atoms with Crippen LogP contribution in [0.25, 0.3) is 17.1 Å². The molecule has 5 rings (SSSR count). The van der Waals surface area contributed by atoms with Crippen molar-refractivity contribution in [1.82, 2.24) is 24.6 Å². The van der Waals surface area contributed by atoms with E-state index >= 15 is 0 Å². The van der Waals surface area contributed by atoms with Gasteiger partial charge in [0.2, 0.25) is 0 Å². The zero-order valence-corrected chi connectivity index (χ0v) is 19.8. The summed E-state index contributed by atoms with van der Waals surface area (Å²) in [4.78, 5) is 18.0. The third-order valence-corrected chi connectivity index (χ3v) is 5.85. The normalized spacial score (nSPS) is 11.9.